The SMILES string of the molecule is CCOC1CC(C(=O)Nc2ccnc(SN)c2)N(c2ccc(F)c(F)c2OC)C1. The summed E-state index contributed by atoms with van der Waals surface area (Å²) in [5, 5.41) is 8.90. The van der Waals surface area contributed by atoms with Gasteiger partial charge in [-0.1, -0.05) is 0 Å². The molecule has 156 valence electrons. The van der Waals surface area contributed by atoms with Gasteiger partial charge in [0.05, 0.1) is 18.9 Å². The normalized spacial score (nSPS) is 18.7. The molecule has 0 saturated carbocycles. The van der Waals surface area contributed by atoms with Gasteiger partial charge in [-0.25, -0.2) is 9.37 Å². The minimum Gasteiger partial charge on any atom is -0.491 e. The molecule has 1 fully saturated rings. The first-order chi connectivity index (χ1) is 14.0. The van der Waals surface area contributed by atoms with Crippen molar-refractivity contribution in [2.75, 3.05) is 30.5 Å². The summed E-state index contributed by atoms with van der Waals surface area (Å²) in [6.07, 6.45) is 1.70. The highest BCUT2D eigenvalue weighted by molar-refractivity contribution is 7.97. The fraction of sp³-hybridized carbons (Fsp3) is 0.368. The standard InChI is InChI=1S/C19H22F2N4O3S/c1-3-28-12-9-15(19(26)24-11-6-7-23-16(8-11)29-22)25(10-12)14-5-4-13(20)17(21)18(14)27-2/h4-8,12,15H,3,9-10,22H2,1-2H3,(H,23,24,26). The molecule has 1 saturated heterocycles. The number of aromatic nitrogens is 1. The van der Waals surface area contributed by atoms with Gasteiger partial charge in [0.15, 0.2) is 11.6 Å². The summed E-state index contributed by atoms with van der Waals surface area (Å²) >= 11 is 0.968. The van der Waals surface area contributed by atoms with Crippen LogP contribution in [-0.4, -0.2) is 43.3 Å². The first kappa shape index (κ1) is 21.3. The van der Waals surface area contributed by atoms with Crippen LogP contribution in [0.15, 0.2) is 35.5 Å². The van der Waals surface area contributed by atoms with Crippen LogP contribution < -0.4 is 20.1 Å². The molecule has 2 unspecified atom stereocenters. The van der Waals surface area contributed by atoms with Crippen molar-refractivity contribution in [1.29, 1.82) is 0 Å². The Morgan fingerprint density at radius 3 is 2.90 bits per heavy atom. The van der Waals surface area contributed by atoms with E-state index in [1.165, 1.54) is 13.2 Å². The number of hydrogen-bond donors (Lipinski definition) is 2. The number of methoxy groups -OCH3 is 1. The summed E-state index contributed by atoms with van der Waals surface area (Å²) in [6, 6.07) is 5.06. The van der Waals surface area contributed by atoms with Crippen LogP contribution in [0.5, 0.6) is 5.75 Å². The van der Waals surface area contributed by atoms with Crippen LogP contribution in [0.25, 0.3) is 0 Å². The van der Waals surface area contributed by atoms with E-state index in [1.807, 2.05) is 6.92 Å². The Morgan fingerprint density at radius 2 is 2.21 bits per heavy atom. The zero-order valence-corrected chi connectivity index (χ0v) is 16.8. The van der Waals surface area contributed by atoms with Crippen molar-refractivity contribution in [2.45, 2.75) is 30.5 Å². The second kappa shape index (κ2) is 9.38. The number of nitrogens with zero attached hydrogens (tertiary/aromatic N) is 2. The van der Waals surface area contributed by atoms with Gasteiger partial charge in [0.1, 0.15) is 11.1 Å². The first-order valence-corrected chi connectivity index (χ1v) is 9.90. The lowest BCUT2D eigenvalue weighted by Crippen LogP contribution is -2.40. The van der Waals surface area contributed by atoms with Gasteiger partial charge in [-0.15, -0.1) is 0 Å². The quantitative estimate of drug-likeness (QED) is 0.661. The molecule has 1 aliphatic heterocycles. The molecular formula is C19H22F2N4O3S. The maximum Gasteiger partial charge on any atom is 0.247 e. The number of amides is 1. The van der Waals surface area contributed by atoms with Crippen molar-refractivity contribution >= 4 is 29.2 Å². The highest BCUT2D eigenvalue weighted by Gasteiger charge is 2.39. The van der Waals surface area contributed by atoms with Gasteiger partial charge in [0, 0.05) is 31.5 Å². The minimum absolute atomic E-state index is 0.235. The number of ether oxygens (including phenoxy) is 2. The topological polar surface area (TPSA) is 89.7 Å². The zero-order valence-electron chi connectivity index (χ0n) is 16.0. The zero-order chi connectivity index (χ0) is 21.0. The second-order valence-corrected chi connectivity index (χ2v) is 7.04. The molecule has 0 spiro atoms. The monoisotopic (exact) mass is 424 g/mol. The number of halogens is 2. The molecule has 1 amide bonds. The predicted molar refractivity (Wildman–Crippen MR) is 107 cm³/mol. The number of carbonyl (C=O) groups is 1. The largest absolute Gasteiger partial charge is 0.491 e. The Labute approximate surface area is 171 Å². The molecule has 0 aliphatic carbocycles. The third-order valence-corrected chi connectivity index (χ3v) is 5.10. The number of carbonyl (C=O) groups excluding carboxylic acids is 1. The molecule has 2 aromatic rings. The number of rotatable bonds is 7. The number of benzene rings is 1. The minimum atomic E-state index is -1.09. The van der Waals surface area contributed by atoms with E-state index in [1.54, 1.807) is 23.2 Å². The smallest absolute Gasteiger partial charge is 0.247 e. The van der Waals surface area contributed by atoms with Crippen LogP contribution in [0.3, 0.4) is 0 Å². The van der Waals surface area contributed by atoms with Gasteiger partial charge < -0.3 is 19.7 Å². The Hall–Kier alpha value is -2.43. The lowest BCUT2D eigenvalue weighted by atomic mass is 10.1. The first-order valence-electron chi connectivity index (χ1n) is 9.02. The molecule has 3 N–H and O–H groups in total. The maximum atomic E-state index is 14.2. The van der Waals surface area contributed by atoms with Crippen LogP contribution in [0.2, 0.25) is 0 Å². The fourth-order valence-electron chi connectivity index (χ4n) is 3.39. The Bertz CT molecular complexity index is 887. The summed E-state index contributed by atoms with van der Waals surface area (Å²) < 4.78 is 38.7. The average Bonchev–Trinajstić information content (AvgIpc) is 3.14. The van der Waals surface area contributed by atoms with E-state index in [4.69, 9.17) is 14.6 Å². The van der Waals surface area contributed by atoms with E-state index in [-0.39, 0.29) is 17.8 Å². The third-order valence-electron chi connectivity index (χ3n) is 4.63. The van der Waals surface area contributed by atoms with E-state index in [0.717, 1.165) is 18.0 Å². The average molecular weight is 424 g/mol. The predicted octanol–water partition coefficient (Wildman–Crippen LogP) is 2.96. The second-order valence-electron chi connectivity index (χ2n) is 6.38. The van der Waals surface area contributed by atoms with E-state index < -0.39 is 17.7 Å². The van der Waals surface area contributed by atoms with Crippen LogP contribution in [0.1, 0.15) is 13.3 Å². The van der Waals surface area contributed by atoms with E-state index in [9.17, 15) is 13.6 Å². The highest BCUT2D eigenvalue weighted by atomic mass is 32.2. The van der Waals surface area contributed by atoms with Gasteiger partial charge >= 0.3 is 0 Å². The van der Waals surface area contributed by atoms with Crippen molar-refractivity contribution in [2.24, 2.45) is 5.14 Å². The molecule has 0 bridgehead atoms. The molecule has 7 nitrogen and oxygen atoms in total. The third kappa shape index (κ3) is 4.60. The van der Waals surface area contributed by atoms with Crippen molar-refractivity contribution in [3.8, 4) is 5.75 Å². The van der Waals surface area contributed by atoms with Crippen LogP contribution in [0, 0.1) is 11.6 Å². The number of nitrogens with two attached hydrogens (primary N) is 1. The summed E-state index contributed by atoms with van der Waals surface area (Å²) in [6.45, 7) is 2.68. The number of pyridine rings is 1. The fourth-order valence-corrected chi connectivity index (χ4v) is 3.70. The van der Waals surface area contributed by atoms with Crippen LogP contribution >= 0.6 is 11.9 Å². The van der Waals surface area contributed by atoms with Gasteiger partial charge in [-0.05, 0) is 43.1 Å². The number of anilines is 2. The molecule has 2 heterocycles. The highest BCUT2D eigenvalue weighted by Crippen LogP contribution is 2.37. The molecule has 1 aliphatic rings. The van der Waals surface area contributed by atoms with Crippen LogP contribution in [-0.2, 0) is 9.53 Å². The molecule has 29 heavy (non-hydrogen) atoms. The number of hydrogen-bond acceptors (Lipinski definition) is 7. The van der Waals surface area contributed by atoms with E-state index in [0.29, 0.717) is 36.0 Å². The molecule has 1 aromatic carbocycles. The van der Waals surface area contributed by atoms with Gasteiger partial charge in [-0.3, -0.25) is 9.93 Å². The lowest BCUT2D eigenvalue weighted by Gasteiger charge is -2.27. The molecule has 10 heteroatoms. The molecule has 3 rings (SSSR count). The van der Waals surface area contributed by atoms with Crippen molar-refractivity contribution in [1.82, 2.24) is 4.98 Å². The Kier molecular flexibility index (Phi) is 6.88. The molecule has 1 aromatic heterocycles. The maximum absolute atomic E-state index is 14.2. The van der Waals surface area contributed by atoms with Crippen LogP contribution in [0.4, 0.5) is 20.2 Å². The summed E-state index contributed by atoms with van der Waals surface area (Å²) in [7, 11) is 1.26. The van der Waals surface area contributed by atoms with Crippen molar-refractivity contribution < 1.29 is 23.0 Å². The molecular weight excluding hydrogens is 402 g/mol. The Morgan fingerprint density at radius 1 is 1.41 bits per heavy atom. The number of nitrogens with one attached hydrogen (secondary N) is 1. The van der Waals surface area contributed by atoms with E-state index >= 15 is 0 Å². The summed E-state index contributed by atoms with van der Waals surface area (Å²) in [4.78, 5) is 18.8. The molecule has 0 radical (unpaired) electrons. The van der Waals surface area contributed by atoms with Crippen molar-refractivity contribution in [3.05, 3.63) is 42.1 Å². The Balaban J connectivity index is 1.90. The summed E-state index contributed by atoms with van der Waals surface area (Å²) in [5.74, 6) is -2.66. The lowest BCUT2D eigenvalue weighted by molar-refractivity contribution is -0.117. The van der Waals surface area contributed by atoms with Gasteiger partial charge in [-0.2, -0.15) is 4.39 Å². The van der Waals surface area contributed by atoms with Crippen molar-refractivity contribution in [3.63, 3.8) is 0 Å². The van der Waals surface area contributed by atoms with Gasteiger partial charge in [0.2, 0.25) is 11.7 Å². The summed E-state index contributed by atoms with van der Waals surface area (Å²) in [5.41, 5.74) is 0.830. The molecule has 2 atom stereocenters. The van der Waals surface area contributed by atoms with E-state index in [2.05, 4.69) is 10.3 Å². The van der Waals surface area contributed by atoms with Gasteiger partial charge in [0.25, 0.3) is 0 Å².